The molecule has 0 N–H and O–H groups in total. The highest BCUT2D eigenvalue weighted by atomic mass is 16.2. The third kappa shape index (κ3) is 3.20. The van der Waals surface area contributed by atoms with Crippen molar-refractivity contribution in [3.05, 3.63) is 71.9 Å². The van der Waals surface area contributed by atoms with Crippen molar-refractivity contribution in [2.24, 2.45) is 0 Å². The number of rotatable bonds is 6. The number of carbonyl (C=O) groups is 2. The van der Waals surface area contributed by atoms with Crippen molar-refractivity contribution in [1.82, 2.24) is 4.90 Å². The lowest BCUT2D eigenvalue weighted by Gasteiger charge is -2.21. The zero-order chi connectivity index (χ0) is 17.8. The highest BCUT2D eigenvalue weighted by Crippen LogP contribution is 2.33. The van der Waals surface area contributed by atoms with Crippen molar-refractivity contribution < 1.29 is 9.59 Å². The van der Waals surface area contributed by atoms with Crippen LogP contribution in [0.4, 0.5) is 5.69 Å². The summed E-state index contributed by atoms with van der Waals surface area (Å²) >= 11 is 0. The molecule has 0 fully saturated rings. The van der Waals surface area contributed by atoms with E-state index in [1.165, 1.54) is 4.90 Å². The molecule has 4 heteroatoms. The molecule has 1 aliphatic rings. The van der Waals surface area contributed by atoms with Gasteiger partial charge in [-0.1, -0.05) is 61.9 Å². The summed E-state index contributed by atoms with van der Waals surface area (Å²) in [4.78, 5) is 29.2. The Morgan fingerprint density at radius 2 is 1.48 bits per heavy atom. The fraction of sp³-hybridized carbons (Fsp3) is 0.238. The van der Waals surface area contributed by atoms with Gasteiger partial charge in [0, 0.05) is 19.3 Å². The van der Waals surface area contributed by atoms with Gasteiger partial charge in [0.2, 0.25) is 0 Å². The van der Waals surface area contributed by atoms with Crippen LogP contribution in [0, 0.1) is 0 Å². The number of nitrogens with zero attached hydrogens (tertiary/aromatic N) is 2. The summed E-state index contributed by atoms with van der Waals surface area (Å²) in [5, 5.41) is 0. The van der Waals surface area contributed by atoms with Crippen LogP contribution in [-0.2, 0) is 9.59 Å². The van der Waals surface area contributed by atoms with E-state index in [1.807, 2.05) is 79.5 Å². The zero-order valence-electron chi connectivity index (χ0n) is 14.6. The normalized spacial score (nSPS) is 14.4. The zero-order valence-corrected chi connectivity index (χ0v) is 14.6. The Balaban J connectivity index is 2.09. The number of carbonyl (C=O) groups excluding carboxylic acids is 2. The average Bonchev–Trinajstić information content (AvgIpc) is 2.91. The fourth-order valence-corrected chi connectivity index (χ4v) is 3.04. The lowest BCUT2D eigenvalue weighted by Crippen LogP contribution is -2.35. The monoisotopic (exact) mass is 334 g/mol. The molecule has 1 aliphatic heterocycles. The Hall–Kier alpha value is -2.88. The summed E-state index contributed by atoms with van der Waals surface area (Å²) in [6, 6.07) is 19.1. The molecular formula is C21H22N2O2. The van der Waals surface area contributed by atoms with Crippen LogP contribution in [0.25, 0.3) is 5.57 Å². The molecule has 128 valence electrons. The number of para-hydroxylation sites is 1. The Morgan fingerprint density at radius 3 is 2.08 bits per heavy atom. The van der Waals surface area contributed by atoms with Gasteiger partial charge in [0.15, 0.2) is 0 Å². The molecule has 3 rings (SSSR count). The molecule has 2 aromatic rings. The first-order valence-electron chi connectivity index (χ1n) is 8.59. The summed E-state index contributed by atoms with van der Waals surface area (Å²) in [6.45, 7) is 2.50. The summed E-state index contributed by atoms with van der Waals surface area (Å²) < 4.78 is 0. The Labute approximate surface area is 148 Å². The fourth-order valence-electron chi connectivity index (χ4n) is 3.04. The molecule has 0 saturated heterocycles. The summed E-state index contributed by atoms with van der Waals surface area (Å²) in [5.41, 5.74) is 2.58. The minimum Gasteiger partial charge on any atom is -0.339 e. The number of imide groups is 1. The van der Waals surface area contributed by atoms with Crippen LogP contribution in [0.5, 0.6) is 0 Å². The van der Waals surface area contributed by atoms with Crippen LogP contribution in [0.15, 0.2) is 66.4 Å². The minimum absolute atomic E-state index is 0.206. The first kappa shape index (κ1) is 17.0. The molecule has 0 aromatic heterocycles. The topological polar surface area (TPSA) is 40.6 Å². The van der Waals surface area contributed by atoms with E-state index in [0.29, 0.717) is 17.8 Å². The second-order valence-electron chi connectivity index (χ2n) is 6.10. The van der Waals surface area contributed by atoms with Crippen LogP contribution in [0.2, 0.25) is 0 Å². The third-order valence-corrected chi connectivity index (χ3v) is 4.42. The number of unbranched alkanes of at least 4 members (excludes halogenated alkanes) is 1. The third-order valence-electron chi connectivity index (χ3n) is 4.42. The maximum Gasteiger partial charge on any atom is 0.278 e. The Morgan fingerprint density at radius 1 is 0.880 bits per heavy atom. The Bertz CT molecular complexity index is 797. The molecule has 2 aromatic carbocycles. The maximum absolute atomic E-state index is 13.0. The van der Waals surface area contributed by atoms with Crippen LogP contribution < -0.4 is 4.90 Å². The number of hydrogen-bond acceptors (Lipinski definition) is 3. The molecule has 0 saturated carbocycles. The van der Waals surface area contributed by atoms with Gasteiger partial charge < -0.3 is 4.90 Å². The lowest BCUT2D eigenvalue weighted by molar-refractivity contribution is -0.136. The van der Waals surface area contributed by atoms with Crippen molar-refractivity contribution in [3.63, 3.8) is 0 Å². The molecular weight excluding hydrogens is 312 g/mol. The smallest absolute Gasteiger partial charge is 0.278 e. The molecule has 0 bridgehead atoms. The van der Waals surface area contributed by atoms with Crippen molar-refractivity contribution >= 4 is 23.1 Å². The molecule has 0 aliphatic carbocycles. The number of hydrogen-bond donors (Lipinski definition) is 0. The van der Waals surface area contributed by atoms with Crippen LogP contribution in [0.3, 0.4) is 0 Å². The van der Waals surface area contributed by atoms with Gasteiger partial charge in [-0.3, -0.25) is 14.5 Å². The van der Waals surface area contributed by atoms with Crippen molar-refractivity contribution in [3.8, 4) is 0 Å². The summed E-state index contributed by atoms with van der Waals surface area (Å²) in [5.74, 6) is -0.425. The van der Waals surface area contributed by atoms with E-state index in [4.69, 9.17) is 0 Å². The summed E-state index contributed by atoms with van der Waals surface area (Å²) in [6.07, 6.45) is 1.74. The lowest BCUT2D eigenvalue weighted by atomic mass is 10.0. The second kappa shape index (κ2) is 7.34. The standard InChI is InChI=1S/C21H22N2O2/c1-3-4-15-23-20(24)18(16-11-7-5-8-12-16)19(21(23)25)22(2)17-13-9-6-10-14-17/h5-14H,3-4,15H2,1-2H3. The van der Waals surface area contributed by atoms with Gasteiger partial charge in [-0.2, -0.15) is 0 Å². The second-order valence-corrected chi connectivity index (χ2v) is 6.10. The van der Waals surface area contributed by atoms with Gasteiger partial charge in [0.05, 0.1) is 5.57 Å². The van der Waals surface area contributed by atoms with E-state index in [9.17, 15) is 9.59 Å². The van der Waals surface area contributed by atoms with E-state index in [1.54, 1.807) is 0 Å². The highest BCUT2D eigenvalue weighted by molar-refractivity contribution is 6.36. The number of amides is 2. The van der Waals surface area contributed by atoms with E-state index in [2.05, 4.69) is 0 Å². The van der Waals surface area contributed by atoms with Gasteiger partial charge in [0.1, 0.15) is 5.70 Å². The highest BCUT2D eigenvalue weighted by Gasteiger charge is 2.40. The predicted molar refractivity (Wildman–Crippen MR) is 99.8 cm³/mol. The van der Waals surface area contributed by atoms with Gasteiger partial charge >= 0.3 is 0 Å². The quantitative estimate of drug-likeness (QED) is 0.756. The van der Waals surface area contributed by atoms with E-state index >= 15 is 0 Å². The molecule has 25 heavy (non-hydrogen) atoms. The maximum atomic E-state index is 13.0. The minimum atomic E-state index is -0.219. The van der Waals surface area contributed by atoms with Gasteiger partial charge in [-0.05, 0) is 24.1 Å². The van der Waals surface area contributed by atoms with Gasteiger partial charge in [-0.15, -0.1) is 0 Å². The van der Waals surface area contributed by atoms with Gasteiger partial charge in [0.25, 0.3) is 11.8 Å². The van der Waals surface area contributed by atoms with Crippen LogP contribution in [0.1, 0.15) is 25.3 Å². The Kier molecular flexibility index (Phi) is 4.98. The van der Waals surface area contributed by atoms with Crippen molar-refractivity contribution in [2.75, 3.05) is 18.5 Å². The van der Waals surface area contributed by atoms with E-state index in [0.717, 1.165) is 24.1 Å². The molecule has 4 nitrogen and oxygen atoms in total. The number of benzene rings is 2. The first-order valence-corrected chi connectivity index (χ1v) is 8.59. The van der Waals surface area contributed by atoms with Crippen molar-refractivity contribution in [2.45, 2.75) is 19.8 Å². The van der Waals surface area contributed by atoms with Crippen molar-refractivity contribution in [1.29, 1.82) is 0 Å². The molecule has 2 amide bonds. The first-order chi connectivity index (χ1) is 12.1. The average molecular weight is 334 g/mol. The van der Waals surface area contributed by atoms with Gasteiger partial charge in [-0.25, -0.2) is 0 Å². The number of likely N-dealkylation sites (N-methyl/N-ethyl adjacent to an activating group) is 1. The predicted octanol–water partition coefficient (Wildman–Crippen LogP) is 3.70. The van der Waals surface area contributed by atoms with E-state index < -0.39 is 0 Å². The SMILES string of the molecule is CCCCN1C(=O)C(c2ccccc2)=C(N(C)c2ccccc2)C1=O. The van der Waals surface area contributed by atoms with E-state index in [-0.39, 0.29) is 11.8 Å². The number of anilines is 1. The largest absolute Gasteiger partial charge is 0.339 e. The van der Waals surface area contributed by atoms with Crippen LogP contribution in [-0.4, -0.2) is 30.3 Å². The molecule has 0 spiro atoms. The molecule has 0 unspecified atom stereocenters. The molecule has 0 radical (unpaired) electrons. The molecule has 1 heterocycles. The van der Waals surface area contributed by atoms with Crippen LogP contribution >= 0.6 is 0 Å². The molecule has 0 atom stereocenters. The summed E-state index contributed by atoms with van der Waals surface area (Å²) in [7, 11) is 1.84.